The van der Waals surface area contributed by atoms with Gasteiger partial charge in [0.25, 0.3) is 0 Å². The summed E-state index contributed by atoms with van der Waals surface area (Å²) in [6.45, 7) is 6.28. The van der Waals surface area contributed by atoms with Crippen molar-refractivity contribution in [2.24, 2.45) is 0 Å². The SMILES string of the molecule is Fc1ccc(N2CCN(CCCCn3cc(-c4ccoc4)c4ccccc43)CC2)cc1. The number of anilines is 1. The van der Waals surface area contributed by atoms with Gasteiger partial charge in [0.1, 0.15) is 5.82 Å². The van der Waals surface area contributed by atoms with Gasteiger partial charge in [-0.05, 0) is 55.8 Å². The van der Waals surface area contributed by atoms with E-state index in [0.717, 1.165) is 56.9 Å². The number of nitrogens with zero attached hydrogens (tertiary/aromatic N) is 3. The first-order valence-electron chi connectivity index (χ1n) is 11.1. The first-order valence-corrected chi connectivity index (χ1v) is 11.1. The Kier molecular flexibility index (Phi) is 5.76. The average Bonchev–Trinajstić information content (AvgIpc) is 3.46. The molecule has 3 heterocycles. The number of hydrogen-bond donors (Lipinski definition) is 0. The summed E-state index contributed by atoms with van der Waals surface area (Å²) in [4.78, 5) is 4.89. The molecule has 0 unspecified atom stereocenters. The molecule has 0 spiro atoms. The molecule has 160 valence electrons. The molecule has 0 N–H and O–H groups in total. The highest BCUT2D eigenvalue weighted by Crippen LogP contribution is 2.31. The van der Waals surface area contributed by atoms with Gasteiger partial charge < -0.3 is 13.9 Å². The van der Waals surface area contributed by atoms with Crippen molar-refractivity contribution in [3.63, 3.8) is 0 Å². The second kappa shape index (κ2) is 8.98. The van der Waals surface area contributed by atoms with E-state index >= 15 is 0 Å². The van der Waals surface area contributed by atoms with Gasteiger partial charge in [0.05, 0.1) is 12.5 Å². The van der Waals surface area contributed by atoms with Crippen LogP contribution in [0.3, 0.4) is 0 Å². The molecule has 1 fully saturated rings. The predicted molar refractivity (Wildman–Crippen MR) is 124 cm³/mol. The van der Waals surface area contributed by atoms with Crippen LogP contribution < -0.4 is 4.90 Å². The number of benzene rings is 2. The van der Waals surface area contributed by atoms with Crippen molar-refractivity contribution >= 4 is 16.6 Å². The van der Waals surface area contributed by atoms with Crippen LogP contribution in [0.15, 0.2) is 77.7 Å². The van der Waals surface area contributed by atoms with Gasteiger partial charge in [0.2, 0.25) is 0 Å². The predicted octanol–water partition coefficient (Wildman–Crippen LogP) is 5.64. The fraction of sp³-hybridized carbons (Fsp3) is 0.308. The summed E-state index contributed by atoms with van der Waals surface area (Å²) in [6, 6.07) is 17.5. The zero-order valence-corrected chi connectivity index (χ0v) is 17.7. The quantitative estimate of drug-likeness (QED) is 0.364. The highest BCUT2D eigenvalue weighted by atomic mass is 19.1. The van der Waals surface area contributed by atoms with E-state index in [1.165, 1.54) is 22.9 Å². The van der Waals surface area contributed by atoms with Gasteiger partial charge in [0, 0.05) is 66.6 Å². The van der Waals surface area contributed by atoms with Crippen LogP contribution in [0.4, 0.5) is 10.1 Å². The van der Waals surface area contributed by atoms with Crippen molar-refractivity contribution in [2.45, 2.75) is 19.4 Å². The Morgan fingerprint density at radius 2 is 1.61 bits per heavy atom. The molecule has 4 nitrogen and oxygen atoms in total. The molecule has 31 heavy (non-hydrogen) atoms. The highest BCUT2D eigenvalue weighted by molar-refractivity contribution is 5.95. The monoisotopic (exact) mass is 417 g/mol. The lowest BCUT2D eigenvalue weighted by molar-refractivity contribution is 0.251. The summed E-state index contributed by atoms with van der Waals surface area (Å²) in [5, 5.41) is 1.28. The van der Waals surface area contributed by atoms with Crippen molar-refractivity contribution in [3.05, 3.63) is 79.1 Å². The van der Waals surface area contributed by atoms with Crippen molar-refractivity contribution in [1.82, 2.24) is 9.47 Å². The Labute approximate surface area is 182 Å². The van der Waals surface area contributed by atoms with Crippen LogP contribution >= 0.6 is 0 Å². The zero-order valence-electron chi connectivity index (χ0n) is 17.7. The highest BCUT2D eigenvalue weighted by Gasteiger charge is 2.17. The molecule has 0 atom stereocenters. The number of para-hydroxylation sites is 1. The maximum Gasteiger partial charge on any atom is 0.123 e. The summed E-state index contributed by atoms with van der Waals surface area (Å²) >= 11 is 0. The number of hydrogen-bond acceptors (Lipinski definition) is 3. The van der Waals surface area contributed by atoms with Crippen LogP contribution in [0.5, 0.6) is 0 Å². The van der Waals surface area contributed by atoms with E-state index in [-0.39, 0.29) is 5.82 Å². The summed E-state index contributed by atoms with van der Waals surface area (Å²) in [6.07, 6.45) is 8.15. The smallest absolute Gasteiger partial charge is 0.123 e. The van der Waals surface area contributed by atoms with Gasteiger partial charge in [0.15, 0.2) is 0 Å². The van der Waals surface area contributed by atoms with E-state index in [9.17, 15) is 4.39 Å². The van der Waals surface area contributed by atoms with Crippen molar-refractivity contribution < 1.29 is 8.81 Å². The molecule has 1 aliphatic rings. The number of halogens is 1. The molecule has 0 radical (unpaired) electrons. The maximum atomic E-state index is 13.1. The first-order chi connectivity index (χ1) is 15.3. The average molecular weight is 418 g/mol. The molecule has 5 heteroatoms. The van der Waals surface area contributed by atoms with E-state index in [2.05, 4.69) is 44.8 Å². The topological polar surface area (TPSA) is 24.6 Å². The molecule has 4 aromatic rings. The minimum Gasteiger partial charge on any atom is -0.472 e. The molecule has 2 aromatic heterocycles. The maximum absolute atomic E-state index is 13.1. The van der Waals surface area contributed by atoms with E-state index in [1.54, 1.807) is 18.4 Å². The molecule has 1 aliphatic heterocycles. The molecule has 0 bridgehead atoms. The van der Waals surface area contributed by atoms with E-state index < -0.39 is 0 Å². The van der Waals surface area contributed by atoms with E-state index in [1.807, 2.05) is 24.5 Å². The van der Waals surface area contributed by atoms with Crippen molar-refractivity contribution in [1.29, 1.82) is 0 Å². The summed E-state index contributed by atoms with van der Waals surface area (Å²) in [5.41, 5.74) is 4.77. The Morgan fingerprint density at radius 3 is 2.39 bits per heavy atom. The number of aryl methyl sites for hydroxylation is 1. The van der Waals surface area contributed by atoms with Gasteiger partial charge in [-0.2, -0.15) is 0 Å². The molecule has 0 saturated carbocycles. The summed E-state index contributed by atoms with van der Waals surface area (Å²) < 4.78 is 20.8. The van der Waals surface area contributed by atoms with Crippen LogP contribution in [0.1, 0.15) is 12.8 Å². The molecule has 1 saturated heterocycles. The molecule has 0 amide bonds. The number of fused-ring (bicyclic) bond motifs is 1. The standard InChI is InChI=1S/C26H28FN3O/c27-22-7-9-23(10-8-22)29-16-14-28(15-17-29)12-3-4-13-30-19-25(21-11-18-31-20-21)24-5-1-2-6-26(24)30/h1-2,5-11,18-20H,3-4,12-17H2. The number of furan rings is 1. The molecule has 2 aromatic carbocycles. The van der Waals surface area contributed by atoms with Crippen LogP contribution in [0.2, 0.25) is 0 Å². The van der Waals surface area contributed by atoms with Crippen molar-refractivity contribution in [3.8, 4) is 11.1 Å². The lowest BCUT2D eigenvalue weighted by Crippen LogP contribution is -2.46. The van der Waals surface area contributed by atoms with Crippen molar-refractivity contribution in [2.75, 3.05) is 37.6 Å². The summed E-state index contributed by atoms with van der Waals surface area (Å²) in [7, 11) is 0. The molecular formula is C26H28FN3O. The Bertz CT molecular complexity index is 1110. The number of rotatable bonds is 7. The molecule has 5 rings (SSSR count). The fourth-order valence-electron chi connectivity index (χ4n) is 4.58. The van der Waals surface area contributed by atoms with Crippen LogP contribution in [-0.4, -0.2) is 42.2 Å². The molecule has 0 aliphatic carbocycles. The third kappa shape index (κ3) is 4.37. The number of piperazine rings is 1. The lowest BCUT2D eigenvalue weighted by atomic mass is 10.1. The minimum absolute atomic E-state index is 0.172. The van der Waals surface area contributed by atoms with Crippen LogP contribution in [0.25, 0.3) is 22.0 Å². The van der Waals surface area contributed by atoms with Gasteiger partial charge >= 0.3 is 0 Å². The summed E-state index contributed by atoms with van der Waals surface area (Å²) in [5.74, 6) is -0.172. The third-order valence-corrected chi connectivity index (χ3v) is 6.31. The van der Waals surface area contributed by atoms with Gasteiger partial charge in [-0.1, -0.05) is 18.2 Å². The minimum atomic E-state index is -0.172. The van der Waals surface area contributed by atoms with Crippen LogP contribution in [0, 0.1) is 5.82 Å². The van der Waals surface area contributed by atoms with Gasteiger partial charge in [-0.25, -0.2) is 4.39 Å². The van der Waals surface area contributed by atoms with E-state index in [4.69, 9.17) is 4.42 Å². The third-order valence-electron chi connectivity index (χ3n) is 6.31. The van der Waals surface area contributed by atoms with Crippen LogP contribution in [-0.2, 0) is 6.54 Å². The Morgan fingerprint density at radius 1 is 0.839 bits per heavy atom. The molecular weight excluding hydrogens is 389 g/mol. The second-order valence-corrected chi connectivity index (χ2v) is 8.28. The normalized spacial score (nSPS) is 15.1. The Balaban J connectivity index is 1.13. The second-order valence-electron chi connectivity index (χ2n) is 8.28. The van der Waals surface area contributed by atoms with E-state index in [0.29, 0.717) is 0 Å². The zero-order chi connectivity index (χ0) is 21.0. The fourth-order valence-corrected chi connectivity index (χ4v) is 4.58. The largest absolute Gasteiger partial charge is 0.472 e. The first kappa shape index (κ1) is 19.9. The number of aromatic nitrogens is 1. The van der Waals surface area contributed by atoms with Gasteiger partial charge in [-0.15, -0.1) is 0 Å². The number of unbranched alkanes of at least 4 members (excludes halogenated alkanes) is 1. The Hall–Kier alpha value is -3.05. The van der Waals surface area contributed by atoms with Gasteiger partial charge in [-0.3, -0.25) is 4.90 Å². The lowest BCUT2D eigenvalue weighted by Gasteiger charge is -2.36.